The highest BCUT2D eigenvalue weighted by molar-refractivity contribution is 5.82. The van der Waals surface area contributed by atoms with Gasteiger partial charge in [-0.3, -0.25) is 19.1 Å². The summed E-state index contributed by atoms with van der Waals surface area (Å²) in [7, 11) is 1.37. The third kappa shape index (κ3) is 8.77. The summed E-state index contributed by atoms with van der Waals surface area (Å²) < 4.78 is 11.9. The molecule has 1 aliphatic rings. The molecule has 0 saturated carbocycles. The van der Waals surface area contributed by atoms with E-state index in [0.717, 1.165) is 56.7 Å². The molecule has 1 aliphatic heterocycles. The number of fused-ring (bicyclic) bond motifs is 1. The van der Waals surface area contributed by atoms with Crippen LogP contribution in [-0.2, 0) is 33.8 Å². The number of rotatable bonds is 15. The Hall–Kier alpha value is -3.97. The summed E-state index contributed by atoms with van der Waals surface area (Å²) in [4.78, 5) is 55.9. The number of unbranched alkanes of at least 4 members (excludes halogenated alkanes) is 1. The number of aromatic nitrogens is 4. The molecule has 0 unspecified atom stereocenters. The van der Waals surface area contributed by atoms with E-state index in [0.29, 0.717) is 50.4 Å². The SMILES string of the molecule is CCCCOc1nc(N)c2[nH]c(=O)n(CCCN(Cc3ccc(CC(=O)OC)cc3)C(=O)CN3CCN(CC)CC3)c2n1. The van der Waals surface area contributed by atoms with Gasteiger partial charge in [0.2, 0.25) is 5.91 Å². The maximum atomic E-state index is 13.6. The van der Waals surface area contributed by atoms with Gasteiger partial charge in [0.1, 0.15) is 5.52 Å². The van der Waals surface area contributed by atoms with E-state index in [2.05, 4.69) is 38.6 Å². The van der Waals surface area contributed by atoms with E-state index in [1.54, 1.807) is 0 Å². The van der Waals surface area contributed by atoms with Crippen LogP contribution in [0.2, 0.25) is 0 Å². The summed E-state index contributed by atoms with van der Waals surface area (Å²) in [6.45, 7) is 10.8. The van der Waals surface area contributed by atoms with Gasteiger partial charge in [-0.2, -0.15) is 9.97 Å². The molecule has 0 atom stereocenters. The number of nitrogen functional groups attached to an aromatic ring is 1. The number of esters is 1. The molecule has 1 fully saturated rings. The number of hydrogen-bond donors (Lipinski definition) is 2. The van der Waals surface area contributed by atoms with Gasteiger partial charge in [-0.25, -0.2) is 4.79 Å². The lowest BCUT2D eigenvalue weighted by Crippen LogP contribution is -2.50. The topological polar surface area (TPSA) is 152 Å². The molecule has 13 heteroatoms. The molecule has 4 rings (SSSR count). The Bertz CT molecular complexity index is 1410. The van der Waals surface area contributed by atoms with E-state index in [1.807, 2.05) is 29.2 Å². The van der Waals surface area contributed by atoms with Gasteiger partial charge >= 0.3 is 17.7 Å². The average molecular weight is 597 g/mol. The Morgan fingerprint density at radius 3 is 2.40 bits per heavy atom. The number of aromatic amines is 1. The number of benzene rings is 1. The lowest BCUT2D eigenvalue weighted by atomic mass is 10.1. The van der Waals surface area contributed by atoms with Crippen molar-refractivity contribution < 1.29 is 19.1 Å². The molecule has 0 aliphatic carbocycles. The summed E-state index contributed by atoms with van der Waals surface area (Å²) in [5.74, 6) is -0.108. The number of carbonyl (C=O) groups is 2. The summed E-state index contributed by atoms with van der Waals surface area (Å²) in [6, 6.07) is 7.77. The van der Waals surface area contributed by atoms with E-state index in [-0.39, 0.29) is 35.8 Å². The van der Waals surface area contributed by atoms with Crippen LogP contribution >= 0.6 is 0 Å². The number of nitrogens with one attached hydrogen (secondary N) is 1. The van der Waals surface area contributed by atoms with E-state index in [4.69, 9.17) is 15.2 Å². The van der Waals surface area contributed by atoms with Crippen LogP contribution in [-0.4, -0.2) is 106 Å². The molecule has 2 aromatic heterocycles. The smallest absolute Gasteiger partial charge is 0.327 e. The predicted molar refractivity (Wildman–Crippen MR) is 164 cm³/mol. The number of hydrogen-bond acceptors (Lipinski definition) is 10. The maximum absolute atomic E-state index is 13.6. The van der Waals surface area contributed by atoms with Gasteiger partial charge in [0, 0.05) is 45.8 Å². The molecule has 43 heavy (non-hydrogen) atoms. The van der Waals surface area contributed by atoms with Crippen LogP contribution in [0.15, 0.2) is 29.1 Å². The summed E-state index contributed by atoms with van der Waals surface area (Å²) >= 11 is 0. The van der Waals surface area contributed by atoms with Crippen LogP contribution < -0.4 is 16.2 Å². The van der Waals surface area contributed by atoms with Crippen LogP contribution in [0.1, 0.15) is 44.2 Å². The Morgan fingerprint density at radius 2 is 1.72 bits per heavy atom. The lowest BCUT2D eigenvalue weighted by Gasteiger charge is -2.35. The molecule has 3 aromatic rings. The van der Waals surface area contributed by atoms with E-state index in [9.17, 15) is 14.4 Å². The monoisotopic (exact) mass is 596 g/mol. The normalized spacial score (nSPS) is 14.2. The number of aryl methyl sites for hydroxylation is 1. The van der Waals surface area contributed by atoms with E-state index < -0.39 is 0 Å². The highest BCUT2D eigenvalue weighted by atomic mass is 16.5. The maximum Gasteiger partial charge on any atom is 0.327 e. The number of ether oxygens (including phenoxy) is 2. The van der Waals surface area contributed by atoms with Crippen molar-refractivity contribution in [2.75, 3.05) is 65.3 Å². The number of nitrogens with two attached hydrogens (primary N) is 1. The highest BCUT2D eigenvalue weighted by Gasteiger charge is 2.22. The largest absolute Gasteiger partial charge is 0.469 e. The minimum atomic E-state index is -0.338. The van der Waals surface area contributed by atoms with Crippen LogP contribution in [0.25, 0.3) is 11.2 Å². The first-order chi connectivity index (χ1) is 20.8. The molecular weight excluding hydrogens is 552 g/mol. The van der Waals surface area contributed by atoms with Crippen LogP contribution in [0.5, 0.6) is 6.01 Å². The van der Waals surface area contributed by atoms with E-state index >= 15 is 0 Å². The zero-order valence-electron chi connectivity index (χ0n) is 25.5. The summed E-state index contributed by atoms with van der Waals surface area (Å²) in [6.07, 6.45) is 2.54. The number of carbonyl (C=O) groups excluding carboxylic acids is 2. The average Bonchev–Trinajstić information content (AvgIpc) is 3.33. The number of amides is 1. The first-order valence-corrected chi connectivity index (χ1v) is 15.1. The van der Waals surface area contributed by atoms with Gasteiger partial charge < -0.3 is 30.0 Å². The predicted octanol–water partition coefficient (Wildman–Crippen LogP) is 1.65. The van der Waals surface area contributed by atoms with Crippen molar-refractivity contribution in [3.63, 3.8) is 0 Å². The summed E-state index contributed by atoms with van der Waals surface area (Å²) in [5, 5.41) is 0. The Labute approximate surface area is 252 Å². The molecule has 1 amide bonds. The van der Waals surface area contributed by atoms with Crippen LogP contribution in [0.4, 0.5) is 5.82 Å². The van der Waals surface area contributed by atoms with Gasteiger partial charge in [-0.15, -0.1) is 0 Å². The third-order valence-electron chi connectivity index (χ3n) is 7.77. The molecule has 1 saturated heterocycles. The molecule has 0 bridgehead atoms. The molecule has 0 radical (unpaired) electrons. The summed E-state index contributed by atoms with van der Waals surface area (Å²) in [5.41, 5.74) is 8.32. The van der Waals surface area contributed by atoms with Crippen molar-refractivity contribution >= 4 is 28.9 Å². The van der Waals surface area contributed by atoms with Gasteiger partial charge in [0.05, 0.1) is 26.7 Å². The molecule has 234 valence electrons. The van der Waals surface area contributed by atoms with Gasteiger partial charge in [0.25, 0.3) is 0 Å². The number of anilines is 1. The zero-order chi connectivity index (χ0) is 30.8. The molecule has 3 N–H and O–H groups in total. The Morgan fingerprint density at radius 1 is 1.02 bits per heavy atom. The van der Waals surface area contributed by atoms with E-state index in [1.165, 1.54) is 11.7 Å². The number of nitrogens with zero attached hydrogens (tertiary/aromatic N) is 6. The lowest BCUT2D eigenvalue weighted by molar-refractivity contribution is -0.139. The number of imidazole rings is 1. The van der Waals surface area contributed by atoms with Crippen molar-refractivity contribution in [3.05, 3.63) is 45.9 Å². The minimum absolute atomic E-state index is 0.0352. The number of likely N-dealkylation sites (N-methyl/N-ethyl adjacent to an activating group) is 1. The molecular formula is C30H44N8O5. The fourth-order valence-corrected chi connectivity index (χ4v) is 5.10. The molecule has 0 spiro atoms. The van der Waals surface area contributed by atoms with Crippen LogP contribution in [0, 0.1) is 0 Å². The zero-order valence-corrected chi connectivity index (χ0v) is 25.5. The number of methoxy groups -OCH3 is 1. The van der Waals surface area contributed by atoms with Gasteiger partial charge in [-0.05, 0) is 30.5 Å². The third-order valence-corrected chi connectivity index (χ3v) is 7.77. The molecule has 13 nitrogen and oxygen atoms in total. The van der Waals surface area contributed by atoms with Gasteiger partial charge in [0.15, 0.2) is 11.5 Å². The van der Waals surface area contributed by atoms with Crippen molar-refractivity contribution in [1.29, 1.82) is 0 Å². The standard InChI is InChI=1S/C30H44N8O5/c1-4-6-18-43-29-33-27(31)26-28(34-29)38(30(41)32-26)13-7-12-37(24(39)21-36-16-14-35(5-2)15-17-36)20-23-10-8-22(9-11-23)19-25(40)42-3/h8-11H,4-7,12-21H2,1-3H3,(H,32,41)(H2,31,33,34). The highest BCUT2D eigenvalue weighted by Crippen LogP contribution is 2.18. The number of piperazine rings is 1. The first-order valence-electron chi connectivity index (χ1n) is 15.1. The molecule has 3 heterocycles. The Balaban J connectivity index is 1.46. The fraction of sp³-hybridized carbons (Fsp3) is 0.567. The van der Waals surface area contributed by atoms with Gasteiger partial charge in [-0.1, -0.05) is 44.5 Å². The first kappa shape index (κ1) is 32.0. The number of H-pyrrole nitrogens is 1. The minimum Gasteiger partial charge on any atom is -0.469 e. The van der Waals surface area contributed by atoms with Crippen LogP contribution in [0.3, 0.4) is 0 Å². The second-order valence-corrected chi connectivity index (χ2v) is 10.8. The second kappa shape index (κ2) is 15.5. The second-order valence-electron chi connectivity index (χ2n) is 10.8. The Kier molecular flexibility index (Phi) is 11.5. The van der Waals surface area contributed by atoms with Crippen molar-refractivity contribution in [1.82, 2.24) is 34.2 Å². The quantitative estimate of drug-likeness (QED) is 0.196. The molecule has 1 aromatic carbocycles. The van der Waals surface area contributed by atoms with Crippen molar-refractivity contribution in [2.24, 2.45) is 0 Å². The van der Waals surface area contributed by atoms with Crippen molar-refractivity contribution in [2.45, 2.75) is 52.6 Å². The van der Waals surface area contributed by atoms with Crippen molar-refractivity contribution in [3.8, 4) is 6.01 Å². The fourth-order valence-electron chi connectivity index (χ4n) is 5.10.